The topological polar surface area (TPSA) is 45.4 Å². The van der Waals surface area contributed by atoms with Crippen molar-refractivity contribution in [3.05, 3.63) is 83.1 Å². The molecule has 0 saturated heterocycles. The van der Waals surface area contributed by atoms with Gasteiger partial charge in [0.15, 0.2) is 0 Å². The van der Waals surface area contributed by atoms with E-state index >= 15 is 0 Å². The van der Waals surface area contributed by atoms with Crippen LogP contribution < -0.4 is 5.32 Å². The van der Waals surface area contributed by atoms with Crippen molar-refractivity contribution in [2.45, 2.75) is 25.6 Å². The SMILES string of the molecule is CC(NCc1ccc(-c2cccc(Cl)c2)o1)C(O)c1ccccc1. The van der Waals surface area contributed by atoms with E-state index in [1.807, 2.05) is 73.7 Å². The molecule has 0 fully saturated rings. The summed E-state index contributed by atoms with van der Waals surface area (Å²) >= 11 is 6.02. The highest BCUT2D eigenvalue weighted by atomic mass is 35.5. The summed E-state index contributed by atoms with van der Waals surface area (Å²) in [6.45, 7) is 2.50. The van der Waals surface area contributed by atoms with E-state index in [4.69, 9.17) is 16.0 Å². The van der Waals surface area contributed by atoms with Gasteiger partial charge >= 0.3 is 0 Å². The van der Waals surface area contributed by atoms with Crippen molar-refractivity contribution in [2.24, 2.45) is 0 Å². The summed E-state index contributed by atoms with van der Waals surface area (Å²) in [7, 11) is 0. The molecule has 2 unspecified atom stereocenters. The molecule has 124 valence electrons. The minimum Gasteiger partial charge on any atom is -0.460 e. The number of nitrogens with one attached hydrogen (secondary N) is 1. The number of hydrogen-bond acceptors (Lipinski definition) is 3. The molecule has 0 spiro atoms. The van der Waals surface area contributed by atoms with Crippen LogP contribution in [0, 0.1) is 0 Å². The van der Waals surface area contributed by atoms with Crippen molar-refractivity contribution in [3.63, 3.8) is 0 Å². The van der Waals surface area contributed by atoms with Crippen molar-refractivity contribution in [3.8, 4) is 11.3 Å². The molecule has 1 aromatic heterocycles. The normalized spacial score (nSPS) is 13.6. The molecule has 2 N–H and O–H groups in total. The minimum atomic E-state index is -0.562. The molecule has 3 nitrogen and oxygen atoms in total. The second kappa shape index (κ2) is 7.67. The average Bonchev–Trinajstić information content (AvgIpc) is 3.09. The van der Waals surface area contributed by atoms with Crippen LogP contribution in [0.1, 0.15) is 24.4 Å². The van der Waals surface area contributed by atoms with Crippen molar-refractivity contribution < 1.29 is 9.52 Å². The molecule has 0 bridgehead atoms. The van der Waals surface area contributed by atoms with E-state index in [0.717, 1.165) is 22.6 Å². The second-order valence-electron chi connectivity index (χ2n) is 5.80. The van der Waals surface area contributed by atoms with E-state index in [-0.39, 0.29) is 6.04 Å². The average molecular weight is 342 g/mol. The fourth-order valence-corrected chi connectivity index (χ4v) is 2.77. The van der Waals surface area contributed by atoms with Gasteiger partial charge < -0.3 is 14.8 Å². The Morgan fingerprint density at radius 1 is 1.04 bits per heavy atom. The van der Waals surface area contributed by atoms with Crippen LogP contribution in [0.25, 0.3) is 11.3 Å². The highest BCUT2D eigenvalue weighted by molar-refractivity contribution is 6.30. The maximum atomic E-state index is 10.4. The number of hydrogen-bond donors (Lipinski definition) is 2. The first-order valence-corrected chi connectivity index (χ1v) is 8.32. The largest absolute Gasteiger partial charge is 0.460 e. The lowest BCUT2D eigenvalue weighted by atomic mass is 10.0. The van der Waals surface area contributed by atoms with Crippen LogP contribution >= 0.6 is 11.6 Å². The van der Waals surface area contributed by atoms with Gasteiger partial charge in [-0.15, -0.1) is 0 Å². The van der Waals surface area contributed by atoms with Gasteiger partial charge in [0.1, 0.15) is 11.5 Å². The van der Waals surface area contributed by atoms with E-state index in [0.29, 0.717) is 11.6 Å². The first kappa shape index (κ1) is 16.8. The Morgan fingerprint density at radius 3 is 2.58 bits per heavy atom. The molecule has 4 heteroatoms. The lowest BCUT2D eigenvalue weighted by Crippen LogP contribution is -2.31. The molecule has 0 amide bonds. The van der Waals surface area contributed by atoms with Gasteiger partial charge in [0, 0.05) is 16.6 Å². The Kier molecular flexibility index (Phi) is 5.36. The summed E-state index contributed by atoms with van der Waals surface area (Å²) < 4.78 is 5.86. The van der Waals surface area contributed by atoms with Gasteiger partial charge in [0.05, 0.1) is 12.6 Å². The molecule has 0 aliphatic carbocycles. The first-order chi connectivity index (χ1) is 11.6. The van der Waals surface area contributed by atoms with Crippen LogP contribution in [0.5, 0.6) is 0 Å². The summed E-state index contributed by atoms with van der Waals surface area (Å²) in [4.78, 5) is 0. The molecule has 3 rings (SSSR count). The zero-order chi connectivity index (χ0) is 16.9. The molecule has 24 heavy (non-hydrogen) atoms. The van der Waals surface area contributed by atoms with Gasteiger partial charge in [0.2, 0.25) is 0 Å². The summed E-state index contributed by atoms with van der Waals surface area (Å²) in [5, 5.41) is 14.4. The van der Waals surface area contributed by atoms with Crippen molar-refractivity contribution in [1.29, 1.82) is 0 Å². The Hall–Kier alpha value is -2.07. The van der Waals surface area contributed by atoms with Gasteiger partial charge in [-0.05, 0) is 36.8 Å². The van der Waals surface area contributed by atoms with Crippen molar-refractivity contribution >= 4 is 11.6 Å². The van der Waals surface area contributed by atoms with Gasteiger partial charge in [-0.3, -0.25) is 0 Å². The Bertz CT molecular complexity index is 785. The zero-order valence-electron chi connectivity index (χ0n) is 13.4. The van der Waals surface area contributed by atoms with E-state index in [1.165, 1.54) is 0 Å². The highest BCUT2D eigenvalue weighted by Gasteiger charge is 2.16. The zero-order valence-corrected chi connectivity index (χ0v) is 14.2. The van der Waals surface area contributed by atoms with Crippen LogP contribution in [-0.2, 0) is 6.54 Å². The van der Waals surface area contributed by atoms with E-state index in [2.05, 4.69) is 5.32 Å². The van der Waals surface area contributed by atoms with Crippen LogP contribution in [0.3, 0.4) is 0 Å². The Labute approximate surface area is 146 Å². The molecular weight excluding hydrogens is 322 g/mol. The van der Waals surface area contributed by atoms with Crippen LogP contribution in [-0.4, -0.2) is 11.1 Å². The van der Waals surface area contributed by atoms with Crippen LogP contribution in [0.2, 0.25) is 5.02 Å². The third-order valence-electron chi connectivity index (χ3n) is 3.98. The summed E-state index contributed by atoms with van der Waals surface area (Å²) in [5.41, 5.74) is 1.85. The Morgan fingerprint density at radius 2 is 1.83 bits per heavy atom. The maximum Gasteiger partial charge on any atom is 0.134 e. The number of rotatable bonds is 6. The van der Waals surface area contributed by atoms with Crippen molar-refractivity contribution in [1.82, 2.24) is 5.32 Å². The Balaban J connectivity index is 1.61. The van der Waals surface area contributed by atoms with Gasteiger partial charge in [-0.25, -0.2) is 0 Å². The van der Waals surface area contributed by atoms with Gasteiger partial charge in [-0.1, -0.05) is 54.1 Å². The second-order valence-corrected chi connectivity index (χ2v) is 6.24. The molecule has 2 aromatic carbocycles. The molecule has 3 aromatic rings. The number of halogens is 1. The molecule has 2 atom stereocenters. The molecule has 1 heterocycles. The highest BCUT2D eigenvalue weighted by Crippen LogP contribution is 2.25. The van der Waals surface area contributed by atoms with E-state index in [9.17, 15) is 5.11 Å². The van der Waals surface area contributed by atoms with E-state index < -0.39 is 6.10 Å². The molecular formula is C20H20ClNO2. The standard InChI is InChI=1S/C20H20ClNO2/c1-14(20(23)15-6-3-2-4-7-15)22-13-18-10-11-19(24-18)16-8-5-9-17(21)12-16/h2-12,14,20,22-23H,13H2,1H3. The minimum absolute atomic E-state index is 0.0906. The first-order valence-electron chi connectivity index (χ1n) is 7.94. The van der Waals surface area contributed by atoms with Crippen LogP contribution in [0.15, 0.2) is 71.1 Å². The fourth-order valence-electron chi connectivity index (χ4n) is 2.58. The monoisotopic (exact) mass is 341 g/mol. The number of benzene rings is 2. The quantitative estimate of drug-likeness (QED) is 0.676. The molecule has 0 aliphatic heterocycles. The van der Waals surface area contributed by atoms with Gasteiger partial charge in [0.25, 0.3) is 0 Å². The van der Waals surface area contributed by atoms with Gasteiger partial charge in [-0.2, -0.15) is 0 Å². The summed E-state index contributed by atoms with van der Waals surface area (Å²) in [5.74, 6) is 1.60. The molecule has 0 aliphatic rings. The molecule has 0 radical (unpaired) electrons. The van der Waals surface area contributed by atoms with Crippen molar-refractivity contribution in [2.75, 3.05) is 0 Å². The smallest absolute Gasteiger partial charge is 0.134 e. The maximum absolute atomic E-state index is 10.4. The van der Waals surface area contributed by atoms with Crippen LogP contribution in [0.4, 0.5) is 0 Å². The van der Waals surface area contributed by atoms with E-state index in [1.54, 1.807) is 0 Å². The third-order valence-corrected chi connectivity index (χ3v) is 4.22. The number of aliphatic hydroxyl groups is 1. The predicted octanol–water partition coefficient (Wildman–Crippen LogP) is 4.81. The lowest BCUT2D eigenvalue weighted by molar-refractivity contribution is 0.134. The summed E-state index contributed by atoms with van der Waals surface area (Å²) in [6, 6.07) is 21.0. The molecule has 0 saturated carbocycles. The summed E-state index contributed by atoms with van der Waals surface area (Å²) in [6.07, 6.45) is -0.562. The predicted molar refractivity (Wildman–Crippen MR) is 96.9 cm³/mol. The number of furan rings is 1. The fraction of sp³-hybridized carbons (Fsp3) is 0.200. The number of aliphatic hydroxyl groups excluding tert-OH is 1. The lowest BCUT2D eigenvalue weighted by Gasteiger charge is -2.20. The third kappa shape index (κ3) is 4.06.